The Labute approximate surface area is 201 Å². The SMILES string of the molecule is N=C(C(N)=O)c1ccncc1NCC(=O)N1CCC[C@H]1C(=O)NC=C1C[C@H]1c1ccccc1Cl. The van der Waals surface area contributed by atoms with Crippen molar-refractivity contribution in [2.75, 3.05) is 18.4 Å². The van der Waals surface area contributed by atoms with Gasteiger partial charge in [0.25, 0.3) is 5.91 Å². The molecule has 2 heterocycles. The van der Waals surface area contributed by atoms with Gasteiger partial charge in [0.15, 0.2) is 0 Å². The van der Waals surface area contributed by atoms with Gasteiger partial charge in [0.05, 0.1) is 18.4 Å². The van der Waals surface area contributed by atoms with Crippen LogP contribution in [0, 0.1) is 5.41 Å². The predicted octanol–water partition coefficient (Wildman–Crippen LogP) is 2.18. The molecule has 5 N–H and O–H groups in total. The van der Waals surface area contributed by atoms with Gasteiger partial charge < -0.3 is 21.3 Å². The first-order valence-electron chi connectivity index (χ1n) is 11.0. The van der Waals surface area contributed by atoms with Gasteiger partial charge in [0.2, 0.25) is 11.8 Å². The molecular formula is C24H25ClN6O3. The van der Waals surface area contributed by atoms with Crippen molar-refractivity contribution in [3.63, 3.8) is 0 Å². The molecule has 2 aliphatic rings. The third kappa shape index (κ3) is 5.09. The Kier molecular flexibility index (Phi) is 6.93. The van der Waals surface area contributed by atoms with Crippen molar-refractivity contribution in [1.82, 2.24) is 15.2 Å². The standard InChI is InChI=1S/C24H25ClN6O3/c25-18-5-2-1-4-15(18)17-10-14(17)11-30-24(34)20-6-3-9-31(20)21(32)13-29-19-12-28-8-7-16(19)22(26)23(27)33/h1-2,4-5,7-8,11-12,17,20,26,29H,3,6,9-10,13H2,(H2,27,33)(H,30,34)/t17-,20+/m1/s1. The van der Waals surface area contributed by atoms with Crippen molar-refractivity contribution >= 4 is 40.7 Å². The summed E-state index contributed by atoms with van der Waals surface area (Å²) < 4.78 is 0. The Morgan fingerprint density at radius 3 is 2.82 bits per heavy atom. The number of carbonyl (C=O) groups is 3. The number of carbonyl (C=O) groups excluding carboxylic acids is 3. The summed E-state index contributed by atoms with van der Waals surface area (Å²) in [6.45, 7) is 0.374. The van der Waals surface area contributed by atoms with E-state index >= 15 is 0 Å². The Bertz CT molecular complexity index is 1180. The maximum atomic E-state index is 12.9. The number of anilines is 1. The van der Waals surface area contributed by atoms with Crippen LogP contribution >= 0.6 is 11.6 Å². The van der Waals surface area contributed by atoms with Gasteiger partial charge in [-0.15, -0.1) is 0 Å². The van der Waals surface area contributed by atoms with Crippen molar-refractivity contribution in [1.29, 1.82) is 5.41 Å². The van der Waals surface area contributed by atoms with E-state index in [1.165, 1.54) is 18.5 Å². The zero-order valence-electron chi connectivity index (χ0n) is 18.4. The highest BCUT2D eigenvalue weighted by atomic mass is 35.5. The van der Waals surface area contributed by atoms with Gasteiger partial charge >= 0.3 is 0 Å². The summed E-state index contributed by atoms with van der Waals surface area (Å²) in [5.74, 6) is -1.14. The molecule has 1 aromatic carbocycles. The second-order valence-corrected chi connectivity index (χ2v) is 8.67. The number of amides is 3. The molecule has 1 saturated heterocycles. The van der Waals surface area contributed by atoms with Gasteiger partial charge in [-0.3, -0.25) is 24.8 Å². The first-order valence-corrected chi connectivity index (χ1v) is 11.3. The molecular weight excluding hydrogens is 456 g/mol. The summed E-state index contributed by atoms with van der Waals surface area (Å²) in [7, 11) is 0. The zero-order chi connectivity index (χ0) is 24.2. The van der Waals surface area contributed by atoms with Crippen LogP contribution in [-0.2, 0) is 14.4 Å². The predicted molar refractivity (Wildman–Crippen MR) is 129 cm³/mol. The molecule has 1 aliphatic carbocycles. The van der Waals surface area contributed by atoms with E-state index in [1.54, 1.807) is 11.1 Å². The number of nitrogens with zero attached hydrogens (tertiary/aromatic N) is 2. The van der Waals surface area contributed by atoms with Crippen LogP contribution in [0.1, 0.15) is 36.3 Å². The summed E-state index contributed by atoms with van der Waals surface area (Å²) >= 11 is 6.26. The van der Waals surface area contributed by atoms with Crippen molar-refractivity contribution in [3.8, 4) is 0 Å². The normalized spacial score (nSPS) is 20.1. The third-order valence-corrected chi connectivity index (χ3v) is 6.39. The molecule has 2 fully saturated rings. The first-order chi connectivity index (χ1) is 16.4. The van der Waals surface area contributed by atoms with Gasteiger partial charge in [-0.25, -0.2) is 0 Å². The maximum absolute atomic E-state index is 12.9. The Balaban J connectivity index is 1.34. The van der Waals surface area contributed by atoms with Crippen molar-refractivity contribution < 1.29 is 14.4 Å². The largest absolute Gasteiger partial charge is 0.374 e. The van der Waals surface area contributed by atoms with E-state index < -0.39 is 11.9 Å². The molecule has 0 bridgehead atoms. The molecule has 0 spiro atoms. The van der Waals surface area contributed by atoms with Crippen molar-refractivity contribution in [3.05, 3.63) is 70.6 Å². The zero-order valence-corrected chi connectivity index (χ0v) is 19.1. The van der Waals surface area contributed by atoms with Crippen LogP contribution in [0.5, 0.6) is 0 Å². The maximum Gasteiger partial charge on any atom is 0.267 e. The highest BCUT2D eigenvalue weighted by Gasteiger charge is 2.36. The van der Waals surface area contributed by atoms with Crippen LogP contribution in [0.3, 0.4) is 0 Å². The fourth-order valence-corrected chi connectivity index (χ4v) is 4.43. The minimum absolute atomic E-state index is 0.107. The summed E-state index contributed by atoms with van der Waals surface area (Å²) in [5, 5.41) is 14.3. The molecule has 34 heavy (non-hydrogen) atoms. The van der Waals surface area contributed by atoms with E-state index in [4.69, 9.17) is 22.7 Å². The number of nitrogens with one attached hydrogen (secondary N) is 3. The molecule has 176 valence electrons. The van der Waals surface area contributed by atoms with Gasteiger partial charge in [-0.2, -0.15) is 0 Å². The monoisotopic (exact) mass is 480 g/mol. The number of hydrogen-bond acceptors (Lipinski definition) is 6. The van der Waals surface area contributed by atoms with Crippen LogP contribution in [-0.4, -0.2) is 52.4 Å². The number of hydrogen-bond donors (Lipinski definition) is 4. The number of pyridine rings is 1. The molecule has 1 aliphatic heterocycles. The topological polar surface area (TPSA) is 141 Å². The number of benzene rings is 1. The number of likely N-dealkylation sites (tertiary alicyclic amines) is 1. The molecule has 2 aromatic rings. The number of nitrogens with two attached hydrogens (primary N) is 1. The van der Waals surface area contributed by atoms with Crippen LogP contribution in [0.2, 0.25) is 5.02 Å². The van der Waals surface area contributed by atoms with E-state index in [0.29, 0.717) is 23.7 Å². The number of rotatable bonds is 8. The molecule has 1 aromatic heterocycles. The summed E-state index contributed by atoms with van der Waals surface area (Å²) in [6, 6.07) is 8.59. The summed E-state index contributed by atoms with van der Waals surface area (Å²) in [5.41, 5.74) is 7.58. The van der Waals surface area contributed by atoms with Crippen LogP contribution < -0.4 is 16.4 Å². The average Bonchev–Trinajstić information content (AvgIpc) is 3.43. The number of halogens is 1. The van der Waals surface area contributed by atoms with E-state index in [1.807, 2.05) is 24.3 Å². The molecule has 1 saturated carbocycles. The second kappa shape index (κ2) is 10.0. The first kappa shape index (κ1) is 23.4. The fourth-order valence-electron chi connectivity index (χ4n) is 4.16. The molecule has 0 unspecified atom stereocenters. The molecule has 10 heteroatoms. The Morgan fingerprint density at radius 1 is 1.26 bits per heavy atom. The molecule has 0 radical (unpaired) electrons. The van der Waals surface area contributed by atoms with Gasteiger partial charge in [-0.1, -0.05) is 29.8 Å². The quantitative estimate of drug-likeness (QED) is 0.428. The number of aromatic nitrogens is 1. The van der Waals surface area contributed by atoms with E-state index in [2.05, 4.69) is 15.6 Å². The molecule has 9 nitrogen and oxygen atoms in total. The molecule has 2 atom stereocenters. The summed E-state index contributed by atoms with van der Waals surface area (Å²) in [6.07, 6.45) is 6.74. The second-order valence-electron chi connectivity index (χ2n) is 8.27. The van der Waals surface area contributed by atoms with Crippen molar-refractivity contribution in [2.45, 2.75) is 31.2 Å². The van der Waals surface area contributed by atoms with Crippen LogP contribution in [0.15, 0.2) is 54.5 Å². The van der Waals surface area contributed by atoms with Crippen LogP contribution in [0.4, 0.5) is 5.69 Å². The van der Waals surface area contributed by atoms with Crippen LogP contribution in [0.25, 0.3) is 0 Å². The average molecular weight is 481 g/mol. The fraction of sp³-hybridized carbons (Fsp3) is 0.292. The van der Waals surface area contributed by atoms with Crippen molar-refractivity contribution in [2.24, 2.45) is 5.73 Å². The Morgan fingerprint density at radius 2 is 2.06 bits per heavy atom. The minimum Gasteiger partial charge on any atom is -0.374 e. The Hall–Kier alpha value is -3.72. The summed E-state index contributed by atoms with van der Waals surface area (Å²) in [4.78, 5) is 42.6. The highest BCUT2D eigenvalue weighted by Crippen LogP contribution is 2.48. The lowest BCUT2D eigenvalue weighted by Crippen LogP contribution is -2.46. The van der Waals surface area contributed by atoms with E-state index in [0.717, 1.165) is 24.0 Å². The number of allylic oxidation sites excluding steroid dienone is 1. The van der Waals surface area contributed by atoms with Gasteiger partial charge in [0, 0.05) is 35.4 Å². The number of primary amides is 1. The third-order valence-electron chi connectivity index (χ3n) is 6.05. The van der Waals surface area contributed by atoms with E-state index in [-0.39, 0.29) is 35.6 Å². The smallest absolute Gasteiger partial charge is 0.267 e. The minimum atomic E-state index is -0.876. The van der Waals surface area contributed by atoms with Gasteiger partial charge in [-0.05, 0) is 42.5 Å². The highest BCUT2D eigenvalue weighted by molar-refractivity contribution is 6.44. The van der Waals surface area contributed by atoms with Gasteiger partial charge in [0.1, 0.15) is 11.8 Å². The lowest BCUT2D eigenvalue weighted by atomic mass is 10.1. The van der Waals surface area contributed by atoms with E-state index in [9.17, 15) is 14.4 Å². The molecule has 3 amide bonds. The lowest BCUT2D eigenvalue weighted by Gasteiger charge is -2.24. The molecule has 4 rings (SSSR count). The lowest BCUT2D eigenvalue weighted by molar-refractivity contribution is -0.136.